The molecule has 9 heteroatoms. The second-order valence-electron chi connectivity index (χ2n) is 5.58. The van der Waals surface area contributed by atoms with Crippen molar-refractivity contribution in [1.82, 2.24) is 19.8 Å². The van der Waals surface area contributed by atoms with Crippen LogP contribution in [-0.4, -0.2) is 57.5 Å². The van der Waals surface area contributed by atoms with Crippen LogP contribution in [0.4, 0.5) is 5.82 Å². The summed E-state index contributed by atoms with van der Waals surface area (Å²) in [6, 6.07) is 3.75. The third-order valence-electron chi connectivity index (χ3n) is 3.81. The Kier molecular flexibility index (Phi) is 6.07. The van der Waals surface area contributed by atoms with E-state index in [-0.39, 0.29) is 18.1 Å². The minimum atomic E-state index is -0.276. The molecule has 24 heavy (non-hydrogen) atoms. The zero-order chi connectivity index (χ0) is 17.5. The van der Waals surface area contributed by atoms with E-state index >= 15 is 0 Å². The molecule has 1 aliphatic rings. The van der Waals surface area contributed by atoms with Crippen LogP contribution in [-0.2, 0) is 4.79 Å². The monoisotopic (exact) mass is 335 g/mol. The lowest BCUT2D eigenvalue weighted by Gasteiger charge is -2.29. The van der Waals surface area contributed by atoms with E-state index in [2.05, 4.69) is 27.5 Å². The van der Waals surface area contributed by atoms with Gasteiger partial charge in [0.2, 0.25) is 0 Å². The Morgan fingerprint density at radius 1 is 1.46 bits per heavy atom. The van der Waals surface area contributed by atoms with Crippen LogP contribution in [0.15, 0.2) is 22.9 Å². The average molecular weight is 335 g/mol. The van der Waals surface area contributed by atoms with Crippen LogP contribution in [0.5, 0.6) is 0 Å². The lowest BCUT2D eigenvalue weighted by atomic mass is 10.1. The average Bonchev–Trinajstić information content (AvgIpc) is 3.18. The molecule has 1 amide bonds. The molecule has 0 spiro atoms. The topological polar surface area (TPSA) is 113 Å². The number of likely N-dealkylation sites (tertiary alicyclic amines) is 1. The van der Waals surface area contributed by atoms with Gasteiger partial charge in [-0.05, 0) is 39.9 Å². The number of rotatable bonds is 3. The van der Waals surface area contributed by atoms with Crippen molar-refractivity contribution in [3.05, 3.63) is 29.8 Å². The summed E-state index contributed by atoms with van der Waals surface area (Å²) in [6.07, 6.45) is 3.77. The molecule has 0 saturated carbocycles. The van der Waals surface area contributed by atoms with Gasteiger partial charge in [0.15, 0.2) is 5.69 Å². The molecule has 1 fully saturated rings. The van der Waals surface area contributed by atoms with Gasteiger partial charge in [0.1, 0.15) is 11.6 Å². The standard InChI is InChI=1S/C14H19N5O2.CH2O2/c1-10-9-12(17-21-10)14(20)16-13-3-6-15-19(13)11-4-7-18(2)8-5-11;2-1-3/h3,6,9,11H,4-5,7-8H2,1-2H3,(H,16,20);1H,(H,2,3). The summed E-state index contributed by atoms with van der Waals surface area (Å²) in [4.78, 5) is 22.8. The zero-order valence-corrected chi connectivity index (χ0v) is 13.7. The predicted octanol–water partition coefficient (Wildman–Crippen LogP) is 1.40. The summed E-state index contributed by atoms with van der Waals surface area (Å²) >= 11 is 0. The minimum absolute atomic E-state index is 0.250. The van der Waals surface area contributed by atoms with E-state index in [4.69, 9.17) is 14.4 Å². The number of carbonyl (C=O) groups excluding carboxylic acids is 1. The predicted molar refractivity (Wildman–Crippen MR) is 85.9 cm³/mol. The second-order valence-corrected chi connectivity index (χ2v) is 5.58. The first-order valence-electron chi connectivity index (χ1n) is 7.59. The molecule has 0 atom stereocenters. The molecular formula is C15H21N5O4. The Morgan fingerprint density at radius 2 is 2.12 bits per heavy atom. The highest BCUT2D eigenvalue weighted by Gasteiger charge is 2.22. The van der Waals surface area contributed by atoms with E-state index in [9.17, 15) is 4.79 Å². The molecule has 3 heterocycles. The number of nitrogens with one attached hydrogen (secondary N) is 1. The number of aromatic nitrogens is 3. The van der Waals surface area contributed by atoms with Gasteiger partial charge in [-0.2, -0.15) is 5.10 Å². The second kappa shape index (κ2) is 8.25. The van der Waals surface area contributed by atoms with Gasteiger partial charge in [-0.1, -0.05) is 5.16 Å². The summed E-state index contributed by atoms with van der Waals surface area (Å²) in [5, 5.41) is 17.8. The number of anilines is 1. The fourth-order valence-corrected chi connectivity index (χ4v) is 2.60. The molecule has 2 aromatic rings. The van der Waals surface area contributed by atoms with Crippen LogP contribution < -0.4 is 5.32 Å². The molecule has 0 unspecified atom stereocenters. The number of hydrogen-bond acceptors (Lipinski definition) is 6. The Balaban J connectivity index is 0.000000647. The van der Waals surface area contributed by atoms with Gasteiger partial charge in [0.05, 0.1) is 12.2 Å². The molecule has 3 rings (SSSR count). The van der Waals surface area contributed by atoms with Crippen molar-refractivity contribution in [2.24, 2.45) is 0 Å². The molecule has 1 saturated heterocycles. The van der Waals surface area contributed by atoms with Crippen molar-refractivity contribution >= 4 is 18.2 Å². The fraction of sp³-hybridized carbons (Fsp3) is 0.467. The van der Waals surface area contributed by atoms with Gasteiger partial charge in [-0.15, -0.1) is 0 Å². The molecule has 0 aromatic carbocycles. The first-order valence-corrected chi connectivity index (χ1v) is 7.59. The van der Waals surface area contributed by atoms with Crippen molar-refractivity contribution in [2.45, 2.75) is 25.8 Å². The molecule has 2 N–H and O–H groups in total. The van der Waals surface area contributed by atoms with E-state index in [0.717, 1.165) is 25.9 Å². The third kappa shape index (κ3) is 4.42. The number of carboxylic acid groups (broad SMARTS) is 1. The number of carbonyl (C=O) groups is 2. The maximum atomic E-state index is 12.1. The maximum Gasteiger partial charge on any atom is 0.290 e. The fourth-order valence-electron chi connectivity index (χ4n) is 2.60. The lowest BCUT2D eigenvalue weighted by Crippen LogP contribution is -2.32. The van der Waals surface area contributed by atoms with Crippen LogP contribution in [0, 0.1) is 6.92 Å². The number of nitrogens with zero attached hydrogens (tertiary/aromatic N) is 4. The maximum absolute atomic E-state index is 12.1. The summed E-state index contributed by atoms with van der Waals surface area (Å²) in [5.41, 5.74) is 0.281. The van der Waals surface area contributed by atoms with Crippen LogP contribution in [0.3, 0.4) is 0 Å². The van der Waals surface area contributed by atoms with E-state index in [0.29, 0.717) is 17.6 Å². The van der Waals surface area contributed by atoms with Crippen molar-refractivity contribution in [2.75, 3.05) is 25.5 Å². The summed E-state index contributed by atoms with van der Waals surface area (Å²) < 4.78 is 6.83. The van der Waals surface area contributed by atoms with Crippen LogP contribution in [0.1, 0.15) is 35.1 Å². The number of amides is 1. The quantitative estimate of drug-likeness (QED) is 0.815. The summed E-state index contributed by atoms with van der Waals surface area (Å²) in [7, 11) is 2.12. The first-order chi connectivity index (χ1) is 11.5. The molecule has 130 valence electrons. The van der Waals surface area contributed by atoms with E-state index in [1.807, 2.05) is 10.7 Å². The Bertz CT molecular complexity index is 673. The molecule has 0 bridgehead atoms. The first kappa shape index (κ1) is 17.7. The normalized spacial score (nSPS) is 15.4. The number of piperidine rings is 1. The SMILES string of the molecule is Cc1cc(C(=O)Nc2ccnn2C2CCN(C)CC2)no1.O=CO. The summed E-state index contributed by atoms with van der Waals surface area (Å²) in [5.74, 6) is 1.04. The van der Waals surface area contributed by atoms with Crippen LogP contribution in [0.25, 0.3) is 0 Å². The lowest BCUT2D eigenvalue weighted by molar-refractivity contribution is -0.122. The van der Waals surface area contributed by atoms with E-state index < -0.39 is 0 Å². The molecule has 0 aliphatic carbocycles. The molecule has 9 nitrogen and oxygen atoms in total. The highest BCUT2D eigenvalue weighted by Crippen LogP contribution is 2.24. The molecule has 1 aliphatic heterocycles. The smallest absolute Gasteiger partial charge is 0.290 e. The van der Waals surface area contributed by atoms with Gasteiger partial charge >= 0.3 is 0 Å². The van der Waals surface area contributed by atoms with Gasteiger partial charge in [0, 0.05) is 12.1 Å². The van der Waals surface area contributed by atoms with Crippen molar-refractivity contribution in [3.63, 3.8) is 0 Å². The molecular weight excluding hydrogens is 314 g/mol. The van der Waals surface area contributed by atoms with Gasteiger partial charge in [-0.25, -0.2) is 4.68 Å². The van der Waals surface area contributed by atoms with Crippen molar-refractivity contribution < 1.29 is 19.2 Å². The Hall–Kier alpha value is -2.68. The van der Waals surface area contributed by atoms with Crippen molar-refractivity contribution in [1.29, 1.82) is 0 Å². The highest BCUT2D eigenvalue weighted by atomic mass is 16.5. The highest BCUT2D eigenvalue weighted by molar-refractivity contribution is 6.02. The molecule has 0 radical (unpaired) electrons. The van der Waals surface area contributed by atoms with Gasteiger partial charge < -0.3 is 19.8 Å². The van der Waals surface area contributed by atoms with Gasteiger partial charge in [0.25, 0.3) is 12.4 Å². The van der Waals surface area contributed by atoms with E-state index in [1.165, 1.54) is 0 Å². The van der Waals surface area contributed by atoms with Crippen LogP contribution >= 0.6 is 0 Å². The number of aryl methyl sites for hydroxylation is 1. The zero-order valence-electron chi connectivity index (χ0n) is 13.7. The largest absolute Gasteiger partial charge is 0.483 e. The van der Waals surface area contributed by atoms with Crippen LogP contribution in [0.2, 0.25) is 0 Å². The molecule has 2 aromatic heterocycles. The Morgan fingerprint density at radius 3 is 2.71 bits per heavy atom. The van der Waals surface area contributed by atoms with Gasteiger partial charge in [-0.3, -0.25) is 9.59 Å². The number of hydrogen-bond donors (Lipinski definition) is 2. The minimum Gasteiger partial charge on any atom is -0.483 e. The summed E-state index contributed by atoms with van der Waals surface area (Å²) in [6.45, 7) is 3.59. The third-order valence-corrected chi connectivity index (χ3v) is 3.81. The van der Waals surface area contributed by atoms with E-state index in [1.54, 1.807) is 19.2 Å². The van der Waals surface area contributed by atoms with Crippen molar-refractivity contribution in [3.8, 4) is 0 Å². The Labute approximate surface area is 139 Å².